The molecule has 1 aliphatic heterocycles. The zero-order chi connectivity index (χ0) is 16.7. The second-order valence-corrected chi connectivity index (χ2v) is 6.57. The maximum absolute atomic E-state index is 4.81. The van der Waals surface area contributed by atoms with Crippen LogP contribution in [-0.4, -0.2) is 42.6 Å². The van der Waals surface area contributed by atoms with Gasteiger partial charge in [-0.3, -0.25) is 9.89 Å². The highest BCUT2D eigenvalue weighted by Crippen LogP contribution is 2.21. The van der Waals surface area contributed by atoms with Gasteiger partial charge < -0.3 is 10.6 Å². The standard InChI is InChI=1S/C19H32N4/c1-5-18(13-21-19(20-6-2)22-15(3)4)23-12-11-16-9-7-8-10-17(16)14-23/h7-10,15,18H,5-6,11-14H2,1-4H3,(H2,20,21,22). The highest BCUT2D eigenvalue weighted by Gasteiger charge is 2.22. The van der Waals surface area contributed by atoms with Crippen molar-refractivity contribution >= 4 is 5.96 Å². The second-order valence-electron chi connectivity index (χ2n) is 6.57. The molecule has 1 atom stereocenters. The SMILES string of the molecule is CCNC(=NCC(CC)N1CCc2ccccc2C1)NC(C)C. The summed E-state index contributed by atoms with van der Waals surface area (Å²) in [7, 11) is 0. The highest BCUT2D eigenvalue weighted by atomic mass is 15.2. The molecule has 128 valence electrons. The predicted octanol–water partition coefficient (Wildman–Crippen LogP) is 2.79. The molecule has 23 heavy (non-hydrogen) atoms. The van der Waals surface area contributed by atoms with Gasteiger partial charge in [-0.2, -0.15) is 0 Å². The van der Waals surface area contributed by atoms with Crippen LogP contribution in [0.1, 0.15) is 45.2 Å². The van der Waals surface area contributed by atoms with E-state index in [1.807, 2.05) is 0 Å². The number of guanidine groups is 1. The molecular formula is C19H32N4. The van der Waals surface area contributed by atoms with E-state index in [4.69, 9.17) is 4.99 Å². The molecule has 0 radical (unpaired) electrons. The molecule has 2 N–H and O–H groups in total. The van der Waals surface area contributed by atoms with Crippen molar-refractivity contribution in [3.63, 3.8) is 0 Å². The van der Waals surface area contributed by atoms with E-state index in [1.54, 1.807) is 0 Å². The molecule has 1 unspecified atom stereocenters. The molecule has 1 heterocycles. The van der Waals surface area contributed by atoms with Crippen LogP contribution in [0.2, 0.25) is 0 Å². The van der Waals surface area contributed by atoms with Crippen molar-refractivity contribution in [2.75, 3.05) is 19.6 Å². The third-order valence-electron chi connectivity index (χ3n) is 4.38. The third kappa shape index (κ3) is 5.24. The Bertz CT molecular complexity index is 510. The topological polar surface area (TPSA) is 39.7 Å². The minimum Gasteiger partial charge on any atom is -0.357 e. The van der Waals surface area contributed by atoms with Crippen LogP contribution in [0.4, 0.5) is 0 Å². The van der Waals surface area contributed by atoms with Crippen LogP contribution in [0.3, 0.4) is 0 Å². The number of aliphatic imine (C=N–C) groups is 1. The molecule has 4 nitrogen and oxygen atoms in total. The lowest BCUT2D eigenvalue weighted by Gasteiger charge is -2.34. The van der Waals surface area contributed by atoms with Gasteiger partial charge in [0.1, 0.15) is 0 Å². The molecule has 0 amide bonds. The summed E-state index contributed by atoms with van der Waals surface area (Å²) in [4.78, 5) is 7.40. The summed E-state index contributed by atoms with van der Waals surface area (Å²) in [6, 6.07) is 9.73. The van der Waals surface area contributed by atoms with Gasteiger partial charge in [-0.25, -0.2) is 0 Å². The first-order valence-electron chi connectivity index (χ1n) is 8.99. The average molecular weight is 316 g/mol. The van der Waals surface area contributed by atoms with E-state index < -0.39 is 0 Å². The molecule has 0 saturated carbocycles. The molecule has 0 spiro atoms. The van der Waals surface area contributed by atoms with Gasteiger partial charge in [0.15, 0.2) is 5.96 Å². The minimum atomic E-state index is 0.398. The van der Waals surface area contributed by atoms with Crippen molar-refractivity contribution in [1.29, 1.82) is 0 Å². The van der Waals surface area contributed by atoms with Gasteiger partial charge in [-0.15, -0.1) is 0 Å². The number of nitrogens with one attached hydrogen (secondary N) is 2. The molecule has 4 heteroatoms. The predicted molar refractivity (Wildman–Crippen MR) is 98.9 cm³/mol. The second kappa shape index (κ2) is 8.92. The van der Waals surface area contributed by atoms with E-state index in [2.05, 4.69) is 67.5 Å². The van der Waals surface area contributed by atoms with Crippen molar-refractivity contribution in [3.05, 3.63) is 35.4 Å². The summed E-state index contributed by atoms with van der Waals surface area (Å²) in [6.45, 7) is 12.6. The van der Waals surface area contributed by atoms with E-state index in [0.29, 0.717) is 12.1 Å². The first kappa shape index (κ1) is 17.8. The Balaban J connectivity index is 1.99. The summed E-state index contributed by atoms with van der Waals surface area (Å²) in [5, 5.41) is 6.73. The van der Waals surface area contributed by atoms with Crippen LogP contribution in [0, 0.1) is 0 Å². The van der Waals surface area contributed by atoms with Crippen LogP contribution < -0.4 is 10.6 Å². The minimum absolute atomic E-state index is 0.398. The quantitative estimate of drug-likeness (QED) is 0.626. The maximum atomic E-state index is 4.81. The first-order chi connectivity index (χ1) is 11.1. The van der Waals surface area contributed by atoms with Gasteiger partial charge in [-0.05, 0) is 44.7 Å². The molecule has 1 aliphatic rings. The van der Waals surface area contributed by atoms with Crippen molar-refractivity contribution in [1.82, 2.24) is 15.5 Å². The average Bonchev–Trinajstić information content (AvgIpc) is 2.55. The normalized spacial score (nSPS) is 17.0. The highest BCUT2D eigenvalue weighted by molar-refractivity contribution is 5.80. The van der Waals surface area contributed by atoms with Crippen molar-refractivity contribution in [3.8, 4) is 0 Å². The Hall–Kier alpha value is -1.55. The zero-order valence-electron chi connectivity index (χ0n) is 15.1. The molecular weight excluding hydrogens is 284 g/mol. The van der Waals surface area contributed by atoms with Crippen LogP contribution >= 0.6 is 0 Å². The Morgan fingerprint density at radius 3 is 2.61 bits per heavy atom. The molecule has 1 aromatic carbocycles. The van der Waals surface area contributed by atoms with Gasteiger partial charge in [-0.1, -0.05) is 31.2 Å². The van der Waals surface area contributed by atoms with Crippen LogP contribution in [0.5, 0.6) is 0 Å². The lowest BCUT2D eigenvalue weighted by Crippen LogP contribution is -2.44. The van der Waals surface area contributed by atoms with Crippen LogP contribution in [0.25, 0.3) is 0 Å². The van der Waals surface area contributed by atoms with Crippen LogP contribution in [0.15, 0.2) is 29.3 Å². The Morgan fingerprint density at radius 2 is 1.96 bits per heavy atom. The fourth-order valence-corrected chi connectivity index (χ4v) is 3.12. The van der Waals surface area contributed by atoms with Crippen LogP contribution in [-0.2, 0) is 13.0 Å². The molecule has 0 bridgehead atoms. The summed E-state index contributed by atoms with van der Waals surface area (Å²) in [5.41, 5.74) is 2.99. The lowest BCUT2D eigenvalue weighted by molar-refractivity contribution is 0.178. The number of hydrogen-bond donors (Lipinski definition) is 2. The molecule has 0 aromatic heterocycles. The monoisotopic (exact) mass is 316 g/mol. The number of nitrogens with zero attached hydrogens (tertiary/aromatic N) is 2. The molecule has 1 aromatic rings. The third-order valence-corrected chi connectivity index (χ3v) is 4.38. The molecule has 0 saturated heterocycles. The van der Waals surface area contributed by atoms with E-state index >= 15 is 0 Å². The summed E-state index contributed by atoms with van der Waals surface area (Å²) in [6.07, 6.45) is 2.29. The van der Waals surface area contributed by atoms with E-state index in [9.17, 15) is 0 Å². The largest absolute Gasteiger partial charge is 0.357 e. The van der Waals surface area contributed by atoms with Gasteiger partial charge in [0, 0.05) is 31.7 Å². The Kier molecular flexibility index (Phi) is 6.90. The maximum Gasteiger partial charge on any atom is 0.191 e. The van der Waals surface area contributed by atoms with Crippen molar-refractivity contribution < 1.29 is 0 Å². The molecule has 2 rings (SSSR count). The zero-order valence-corrected chi connectivity index (χ0v) is 15.1. The summed E-state index contributed by atoms with van der Waals surface area (Å²) < 4.78 is 0. The first-order valence-corrected chi connectivity index (χ1v) is 8.99. The van der Waals surface area contributed by atoms with Crippen molar-refractivity contribution in [2.24, 2.45) is 4.99 Å². The van der Waals surface area contributed by atoms with Gasteiger partial charge in [0.25, 0.3) is 0 Å². The molecule has 0 aliphatic carbocycles. The van der Waals surface area contributed by atoms with E-state index in [-0.39, 0.29) is 0 Å². The summed E-state index contributed by atoms with van der Waals surface area (Å²) in [5.74, 6) is 0.929. The number of fused-ring (bicyclic) bond motifs is 1. The van der Waals surface area contributed by atoms with E-state index in [0.717, 1.165) is 45.0 Å². The van der Waals surface area contributed by atoms with Gasteiger partial charge in [0.2, 0.25) is 0 Å². The van der Waals surface area contributed by atoms with Gasteiger partial charge in [0.05, 0.1) is 6.54 Å². The Labute approximate surface area is 141 Å². The van der Waals surface area contributed by atoms with Crippen molar-refractivity contribution in [2.45, 2.75) is 59.2 Å². The Morgan fingerprint density at radius 1 is 1.22 bits per heavy atom. The lowest BCUT2D eigenvalue weighted by atomic mass is 9.98. The number of hydrogen-bond acceptors (Lipinski definition) is 2. The fraction of sp³-hybridized carbons (Fsp3) is 0.632. The number of benzene rings is 1. The fourth-order valence-electron chi connectivity index (χ4n) is 3.12. The van der Waals surface area contributed by atoms with E-state index in [1.165, 1.54) is 11.1 Å². The molecule has 0 fully saturated rings. The summed E-state index contributed by atoms with van der Waals surface area (Å²) >= 11 is 0. The number of rotatable bonds is 6. The smallest absolute Gasteiger partial charge is 0.191 e. The van der Waals surface area contributed by atoms with Gasteiger partial charge >= 0.3 is 0 Å².